The maximum atomic E-state index is 12.7. The minimum atomic E-state index is -0.171. The quantitative estimate of drug-likeness (QED) is 0.851. The summed E-state index contributed by atoms with van der Waals surface area (Å²) in [5.74, 6) is 0.682. The summed E-state index contributed by atoms with van der Waals surface area (Å²) >= 11 is 0. The van der Waals surface area contributed by atoms with Crippen LogP contribution in [0.1, 0.15) is 10.4 Å². The Labute approximate surface area is 140 Å². The Kier molecular flexibility index (Phi) is 4.66. The van der Waals surface area contributed by atoms with Gasteiger partial charge in [-0.25, -0.2) is 0 Å². The molecule has 0 radical (unpaired) electrons. The highest BCUT2D eigenvalue weighted by Gasteiger charge is 2.21. The Balaban J connectivity index is 1.88. The summed E-state index contributed by atoms with van der Waals surface area (Å²) in [5, 5.41) is 0. The molecule has 0 N–H and O–H groups in total. The molecule has 1 fully saturated rings. The van der Waals surface area contributed by atoms with Gasteiger partial charge in [-0.2, -0.15) is 0 Å². The highest BCUT2D eigenvalue weighted by molar-refractivity contribution is 5.94. The highest BCUT2D eigenvalue weighted by Crippen LogP contribution is 2.15. The third kappa shape index (κ3) is 3.33. The van der Waals surface area contributed by atoms with Crippen molar-refractivity contribution in [2.24, 2.45) is 0 Å². The van der Waals surface area contributed by atoms with Gasteiger partial charge in [0.15, 0.2) is 0 Å². The Morgan fingerprint density at radius 1 is 1.00 bits per heavy atom. The molecule has 1 aromatic carbocycles. The van der Waals surface area contributed by atoms with E-state index in [1.807, 2.05) is 11.9 Å². The Bertz CT molecular complexity index is 775. The van der Waals surface area contributed by atoms with Crippen molar-refractivity contribution >= 4 is 5.91 Å². The molecule has 3 rings (SSSR count). The maximum absolute atomic E-state index is 12.7. The molecule has 1 aromatic heterocycles. The van der Waals surface area contributed by atoms with E-state index in [0.717, 1.165) is 18.8 Å². The van der Waals surface area contributed by atoms with E-state index in [-0.39, 0.29) is 11.5 Å². The van der Waals surface area contributed by atoms with Gasteiger partial charge in [0.05, 0.1) is 12.7 Å². The van der Waals surface area contributed by atoms with Crippen LogP contribution in [-0.4, -0.2) is 60.6 Å². The van der Waals surface area contributed by atoms with Crippen LogP contribution in [0.5, 0.6) is 5.75 Å². The molecule has 0 unspecified atom stereocenters. The first kappa shape index (κ1) is 16.3. The lowest BCUT2D eigenvalue weighted by atomic mass is 10.2. The molecule has 1 aliphatic rings. The molecule has 0 saturated carbocycles. The van der Waals surface area contributed by atoms with Crippen LogP contribution >= 0.6 is 0 Å². The van der Waals surface area contributed by atoms with Gasteiger partial charge in [0.25, 0.3) is 11.5 Å². The summed E-state index contributed by atoms with van der Waals surface area (Å²) in [6, 6.07) is 10.2. The number of ether oxygens (including phenoxy) is 1. The monoisotopic (exact) mass is 327 g/mol. The largest absolute Gasteiger partial charge is 0.497 e. The summed E-state index contributed by atoms with van der Waals surface area (Å²) in [4.78, 5) is 28.9. The molecule has 2 aromatic rings. The summed E-state index contributed by atoms with van der Waals surface area (Å²) in [5.41, 5.74) is 1.05. The summed E-state index contributed by atoms with van der Waals surface area (Å²) in [6.45, 7) is 3.14. The van der Waals surface area contributed by atoms with Crippen LogP contribution in [0, 0.1) is 0 Å². The second kappa shape index (κ2) is 6.88. The van der Waals surface area contributed by atoms with E-state index in [1.165, 1.54) is 10.6 Å². The first-order valence-corrected chi connectivity index (χ1v) is 7.93. The van der Waals surface area contributed by atoms with Crippen molar-refractivity contribution in [2.75, 3.05) is 40.3 Å². The van der Waals surface area contributed by atoms with Crippen molar-refractivity contribution in [2.45, 2.75) is 0 Å². The van der Waals surface area contributed by atoms with Crippen LogP contribution in [0.4, 0.5) is 0 Å². The van der Waals surface area contributed by atoms with E-state index in [1.54, 1.807) is 43.6 Å². The molecule has 1 saturated heterocycles. The molecule has 0 atom stereocenters. The smallest absolute Gasteiger partial charge is 0.255 e. The first-order valence-electron chi connectivity index (χ1n) is 7.93. The number of carbonyl (C=O) groups excluding carboxylic acids is 1. The first-order chi connectivity index (χ1) is 11.6. The van der Waals surface area contributed by atoms with E-state index in [9.17, 15) is 9.59 Å². The molecule has 6 heteroatoms. The maximum Gasteiger partial charge on any atom is 0.255 e. The van der Waals surface area contributed by atoms with Gasteiger partial charge in [0.1, 0.15) is 5.75 Å². The van der Waals surface area contributed by atoms with Gasteiger partial charge in [-0.3, -0.25) is 14.2 Å². The van der Waals surface area contributed by atoms with Gasteiger partial charge >= 0.3 is 0 Å². The van der Waals surface area contributed by atoms with Gasteiger partial charge in [0, 0.05) is 44.1 Å². The zero-order chi connectivity index (χ0) is 17.1. The van der Waals surface area contributed by atoms with E-state index in [4.69, 9.17) is 4.74 Å². The average Bonchev–Trinajstić information content (AvgIpc) is 2.62. The fourth-order valence-electron chi connectivity index (χ4n) is 2.75. The van der Waals surface area contributed by atoms with Crippen molar-refractivity contribution < 1.29 is 9.53 Å². The van der Waals surface area contributed by atoms with Crippen LogP contribution in [0.25, 0.3) is 5.69 Å². The molecule has 0 aliphatic carbocycles. The van der Waals surface area contributed by atoms with Crippen LogP contribution < -0.4 is 10.3 Å². The van der Waals surface area contributed by atoms with Crippen LogP contribution in [-0.2, 0) is 0 Å². The lowest BCUT2D eigenvalue weighted by Gasteiger charge is -2.32. The van der Waals surface area contributed by atoms with Crippen molar-refractivity contribution in [3.05, 3.63) is 58.5 Å². The SMILES string of the molecule is COc1ccc(-n2cc(C(=O)N3CCN(C)CC3)ccc2=O)cc1. The number of hydrogen-bond donors (Lipinski definition) is 0. The van der Waals surface area contributed by atoms with E-state index < -0.39 is 0 Å². The number of rotatable bonds is 3. The molecule has 2 heterocycles. The number of piperazine rings is 1. The van der Waals surface area contributed by atoms with E-state index >= 15 is 0 Å². The topological polar surface area (TPSA) is 54.8 Å². The molecule has 1 aliphatic heterocycles. The van der Waals surface area contributed by atoms with Crippen molar-refractivity contribution in [3.63, 3.8) is 0 Å². The van der Waals surface area contributed by atoms with E-state index in [0.29, 0.717) is 24.3 Å². The number of pyridine rings is 1. The fraction of sp³-hybridized carbons (Fsp3) is 0.333. The number of aromatic nitrogens is 1. The van der Waals surface area contributed by atoms with Crippen molar-refractivity contribution in [3.8, 4) is 11.4 Å². The van der Waals surface area contributed by atoms with Gasteiger partial charge < -0.3 is 14.5 Å². The number of methoxy groups -OCH3 is 1. The molecular formula is C18H21N3O3. The number of carbonyl (C=O) groups is 1. The van der Waals surface area contributed by atoms with Gasteiger partial charge in [-0.1, -0.05) is 0 Å². The fourth-order valence-corrected chi connectivity index (χ4v) is 2.75. The number of nitrogens with zero attached hydrogens (tertiary/aromatic N) is 3. The Morgan fingerprint density at radius 2 is 1.67 bits per heavy atom. The van der Waals surface area contributed by atoms with Gasteiger partial charge in [-0.15, -0.1) is 0 Å². The lowest BCUT2D eigenvalue weighted by molar-refractivity contribution is 0.0663. The van der Waals surface area contributed by atoms with E-state index in [2.05, 4.69) is 4.90 Å². The van der Waals surface area contributed by atoms with Crippen molar-refractivity contribution in [1.82, 2.24) is 14.4 Å². The zero-order valence-corrected chi connectivity index (χ0v) is 13.9. The van der Waals surface area contributed by atoms with Crippen LogP contribution in [0.2, 0.25) is 0 Å². The molecular weight excluding hydrogens is 306 g/mol. The lowest BCUT2D eigenvalue weighted by Crippen LogP contribution is -2.47. The minimum absolute atomic E-state index is 0.0367. The normalized spacial score (nSPS) is 15.3. The average molecular weight is 327 g/mol. The zero-order valence-electron chi connectivity index (χ0n) is 13.9. The Hall–Kier alpha value is -2.60. The molecule has 6 nitrogen and oxygen atoms in total. The number of likely N-dealkylation sites (N-methyl/N-ethyl adjacent to an activating group) is 1. The number of amides is 1. The Morgan fingerprint density at radius 3 is 2.29 bits per heavy atom. The second-order valence-electron chi connectivity index (χ2n) is 5.92. The predicted molar refractivity (Wildman–Crippen MR) is 92.0 cm³/mol. The molecule has 126 valence electrons. The highest BCUT2D eigenvalue weighted by atomic mass is 16.5. The second-order valence-corrected chi connectivity index (χ2v) is 5.92. The van der Waals surface area contributed by atoms with Gasteiger partial charge in [-0.05, 0) is 37.4 Å². The molecule has 1 amide bonds. The summed E-state index contributed by atoms with van der Waals surface area (Å²) in [6.07, 6.45) is 1.62. The van der Waals surface area contributed by atoms with Crippen LogP contribution in [0.3, 0.4) is 0 Å². The minimum Gasteiger partial charge on any atom is -0.497 e. The summed E-state index contributed by atoms with van der Waals surface area (Å²) < 4.78 is 6.62. The molecule has 0 bridgehead atoms. The van der Waals surface area contributed by atoms with Crippen LogP contribution in [0.15, 0.2) is 47.4 Å². The third-order valence-electron chi connectivity index (χ3n) is 4.30. The number of benzene rings is 1. The number of hydrogen-bond acceptors (Lipinski definition) is 4. The predicted octanol–water partition coefficient (Wildman–Crippen LogP) is 1.23. The van der Waals surface area contributed by atoms with Crippen molar-refractivity contribution in [1.29, 1.82) is 0 Å². The van der Waals surface area contributed by atoms with Gasteiger partial charge in [0.2, 0.25) is 0 Å². The molecule has 24 heavy (non-hydrogen) atoms. The third-order valence-corrected chi connectivity index (χ3v) is 4.30. The standard InChI is InChI=1S/C18H21N3O3/c1-19-9-11-20(12-10-19)18(23)14-3-8-17(22)21(13-14)15-4-6-16(24-2)7-5-15/h3-8,13H,9-12H2,1-2H3. The summed E-state index contributed by atoms with van der Waals surface area (Å²) in [7, 11) is 3.64. The molecule has 0 spiro atoms.